The first-order valence-corrected chi connectivity index (χ1v) is 9.75. The normalized spacial score (nSPS) is 12.3. The Hall–Kier alpha value is -4.10. The second-order valence-corrected chi connectivity index (χ2v) is 7.52. The Balaban J connectivity index is 1.69. The summed E-state index contributed by atoms with van der Waals surface area (Å²) in [5, 5.41) is 17.9. The molecule has 0 aromatic carbocycles. The van der Waals surface area contributed by atoms with E-state index in [4.69, 9.17) is 11.6 Å². The molecular formula is C20H16ClN9O. The molecule has 154 valence electrons. The summed E-state index contributed by atoms with van der Waals surface area (Å²) in [5.41, 5.74) is 2.38. The molecular weight excluding hydrogens is 418 g/mol. The smallest absolute Gasteiger partial charge is 0.281 e. The number of nitrogens with one attached hydrogen (secondary N) is 2. The fourth-order valence-electron chi connectivity index (χ4n) is 3.70. The standard InChI is InChI=1S/C20H16ClN9O/c1-11(27-19-16-12(5-22)6-23-18(16)24-10-25-19)15-9-29-4-3-14(21)17(29)20(31)30(15)13-7-26-28(2)8-13/h3-4,6-11H,1-2H3,(H2,23,24,25,27). The summed E-state index contributed by atoms with van der Waals surface area (Å²) in [6.45, 7) is 1.91. The minimum Gasteiger partial charge on any atom is -0.361 e. The zero-order chi connectivity index (χ0) is 21.7. The maximum Gasteiger partial charge on any atom is 0.281 e. The topological polar surface area (TPSA) is 122 Å². The molecule has 5 aromatic heterocycles. The quantitative estimate of drug-likeness (QED) is 0.449. The van der Waals surface area contributed by atoms with Crippen molar-refractivity contribution in [3.63, 3.8) is 0 Å². The summed E-state index contributed by atoms with van der Waals surface area (Å²) >= 11 is 6.27. The van der Waals surface area contributed by atoms with Gasteiger partial charge < -0.3 is 14.7 Å². The number of halogens is 1. The highest BCUT2D eigenvalue weighted by Gasteiger charge is 2.21. The lowest BCUT2D eigenvalue weighted by Crippen LogP contribution is -2.27. The van der Waals surface area contributed by atoms with Gasteiger partial charge in [0, 0.05) is 31.8 Å². The van der Waals surface area contributed by atoms with Crippen LogP contribution in [0, 0.1) is 11.3 Å². The fraction of sp³-hybridized carbons (Fsp3) is 0.150. The van der Waals surface area contributed by atoms with Crippen LogP contribution >= 0.6 is 11.6 Å². The van der Waals surface area contributed by atoms with Crippen LogP contribution in [0.2, 0.25) is 5.02 Å². The molecule has 0 aliphatic carbocycles. The van der Waals surface area contributed by atoms with Gasteiger partial charge in [0.1, 0.15) is 29.4 Å². The molecule has 0 bridgehead atoms. The van der Waals surface area contributed by atoms with Gasteiger partial charge >= 0.3 is 0 Å². The molecule has 0 fully saturated rings. The van der Waals surface area contributed by atoms with E-state index in [1.165, 1.54) is 6.33 Å². The van der Waals surface area contributed by atoms with E-state index in [0.717, 1.165) is 0 Å². The van der Waals surface area contributed by atoms with E-state index in [9.17, 15) is 10.1 Å². The average Bonchev–Trinajstić information content (AvgIpc) is 3.46. The summed E-state index contributed by atoms with van der Waals surface area (Å²) in [5.74, 6) is 0.492. The first-order valence-electron chi connectivity index (χ1n) is 9.37. The third kappa shape index (κ3) is 2.94. The average molecular weight is 434 g/mol. The van der Waals surface area contributed by atoms with Crippen molar-refractivity contribution in [1.29, 1.82) is 5.26 Å². The molecule has 2 N–H and O–H groups in total. The van der Waals surface area contributed by atoms with Crippen molar-refractivity contribution in [3.8, 4) is 11.8 Å². The van der Waals surface area contributed by atoms with Gasteiger partial charge in [0.05, 0.1) is 39.6 Å². The van der Waals surface area contributed by atoms with Gasteiger partial charge in [0.15, 0.2) is 0 Å². The van der Waals surface area contributed by atoms with E-state index < -0.39 is 0 Å². The van der Waals surface area contributed by atoms with Gasteiger partial charge in [-0.2, -0.15) is 10.4 Å². The number of rotatable bonds is 4. The van der Waals surface area contributed by atoms with Gasteiger partial charge in [0.25, 0.3) is 5.56 Å². The van der Waals surface area contributed by atoms with E-state index >= 15 is 0 Å². The van der Waals surface area contributed by atoms with Gasteiger partial charge in [-0.3, -0.25) is 14.0 Å². The summed E-state index contributed by atoms with van der Waals surface area (Å²) < 4.78 is 4.91. The van der Waals surface area contributed by atoms with Crippen molar-refractivity contribution in [3.05, 3.63) is 70.0 Å². The predicted molar refractivity (Wildman–Crippen MR) is 115 cm³/mol. The minimum atomic E-state index is -0.363. The molecule has 0 saturated carbocycles. The minimum absolute atomic E-state index is 0.263. The number of fused-ring (bicyclic) bond motifs is 2. The van der Waals surface area contributed by atoms with Crippen molar-refractivity contribution in [2.24, 2.45) is 7.05 Å². The SMILES string of the molecule is CC(Nc1ncnc2[nH]cc(C#N)c12)c1cn2ccc(Cl)c2c(=O)n1-c1cnn(C)c1. The van der Waals surface area contributed by atoms with Gasteiger partial charge in [0.2, 0.25) is 0 Å². The number of hydrogen-bond acceptors (Lipinski definition) is 6. The molecule has 0 radical (unpaired) electrons. The fourth-order valence-corrected chi connectivity index (χ4v) is 3.94. The van der Waals surface area contributed by atoms with Crippen LogP contribution < -0.4 is 10.9 Å². The lowest BCUT2D eigenvalue weighted by atomic mass is 10.2. The van der Waals surface area contributed by atoms with Crippen molar-refractivity contribution in [2.45, 2.75) is 13.0 Å². The Morgan fingerprint density at radius 1 is 1.32 bits per heavy atom. The number of aromatic amines is 1. The van der Waals surface area contributed by atoms with Crippen LogP contribution in [0.4, 0.5) is 5.82 Å². The highest BCUT2D eigenvalue weighted by Crippen LogP contribution is 2.27. The van der Waals surface area contributed by atoms with Gasteiger partial charge in [-0.1, -0.05) is 11.6 Å². The Labute approximate surface area is 180 Å². The predicted octanol–water partition coefficient (Wildman–Crippen LogP) is 2.79. The molecule has 0 aliphatic rings. The highest BCUT2D eigenvalue weighted by molar-refractivity contribution is 6.33. The summed E-state index contributed by atoms with van der Waals surface area (Å²) in [6.07, 6.45) is 9.97. The molecule has 1 atom stereocenters. The molecule has 0 amide bonds. The van der Waals surface area contributed by atoms with Crippen molar-refractivity contribution in [2.75, 3.05) is 5.32 Å². The van der Waals surface area contributed by atoms with Gasteiger partial charge in [-0.05, 0) is 13.0 Å². The lowest BCUT2D eigenvalue weighted by molar-refractivity contribution is 0.749. The summed E-state index contributed by atoms with van der Waals surface area (Å²) in [7, 11) is 1.78. The third-order valence-corrected chi connectivity index (χ3v) is 5.44. The molecule has 31 heavy (non-hydrogen) atoms. The Bertz CT molecular complexity index is 1550. The molecule has 0 aliphatic heterocycles. The zero-order valence-corrected chi connectivity index (χ0v) is 17.3. The van der Waals surface area contributed by atoms with E-state index in [1.807, 2.05) is 13.1 Å². The van der Waals surface area contributed by atoms with E-state index in [2.05, 4.69) is 31.4 Å². The Morgan fingerprint density at radius 3 is 2.90 bits per heavy atom. The number of anilines is 1. The lowest BCUT2D eigenvalue weighted by Gasteiger charge is -2.20. The van der Waals surface area contributed by atoms with Gasteiger partial charge in [-0.25, -0.2) is 9.97 Å². The molecule has 5 heterocycles. The first-order chi connectivity index (χ1) is 15.0. The molecule has 0 spiro atoms. The van der Waals surface area contributed by atoms with Crippen molar-refractivity contribution >= 4 is 34.0 Å². The number of aromatic nitrogens is 7. The van der Waals surface area contributed by atoms with Crippen LogP contribution in [0.25, 0.3) is 22.2 Å². The Morgan fingerprint density at radius 2 is 2.16 bits per heavy atom. The van der Waals surface area contributed by atoms with Crippen LogP contribution in [0.5, 0.6) is 0 Å². The second-order valence-electron chi connectivity index (χ2n) is 7.11. The van der Waals surface area contributed by atoms with E-state index in [1.54, 1.807) is 51.6 Å². The van der Waals surface area contributed by atoms with Crippen LogP contribution in [-0.2, 0) is 7.05 Å². The van der Waals surface area contributed by atoms with E-state index in [0.29, 0.717) is 44.3 Å². The monoisotopic (exact) mass is 433 g/mol. The molecule has 0 saturated heterocycles. The number of aryl methyl sites for hydroxylation is 1. The van der Waals surface area contributed by atoms with Crippen LogP contribution in [0.3, 0.4) is 0 Å². The van der Waals surface area contributed by atoms with Crippen molar-refractivity contribution < 1.29 is 0 Å². The molecule has 5 rings (SSSR count). The van der Waals surface area contributed by atoms with Crippen LogP contribution in [0.1, 0.15) is 24.2 Å². The molecule has 11 heteroatoms. The molecule has 10 nitrogen and oxygen atoms in total. The van der Waals surface area contributed by atoms with Crippen molar-refractivity contribution in [1.82, 2.24) is 33.7 Å². The number of H-pyrrole nitrogens is 1. The largest absolute Gasteiger partial charge is 0.361 e. The zero-order valence-electron chi connectivity index (χ0n) is 16.5. The number of nitrogens with zero attached hydrogens (tertiary/aromatic N) is 7. The third-order valence-electron chi connectivity index (χ3n) is 5.14. The number of nitriles is 1. The second kappa shape index (κ2) is 7.00. The molecule has 5 aromatic rings. The number of hydrogen-bond donors (Lipinski definition) is 2. The van der Waals surface area contributed by atoms with Gasteiger partial charge in [-0.15, -0.1) is 0 Å². The van der Waals surface area contributed by atoms with Crippen LogP contribution in [-0.4, -0.2) is 33.7 Å². The summed E-state index contributed by atoms with van der Waals surface area (Å²) in [6, 6.07) is 3.46. The Kier molecular flexibility index (Phi) is 4.27. The molecule has 1 unspecified atom stereocenters. The maximum absolute atomic E-state index is 13.4. The van der Waals surface area contributed by atoms with Crippen LogP contribution in [0.15, 0.2) is 48.2 Å². The maximum atomic E-state index is 13.4. The van der Waals surface area contributed by atoms with E-state index in [-0.39, 0.29) is 11.6 Å². The summed E-state index contributed by atoms with van der Waals surface area (Å²) in [4.78, 5) is 24.9. The highest BCUT2D eigenvalue weighted by atomic mass is 35.5. The first kappa shape index (κ1) is 18.9.